The Balaban J connectivity index is 1.48. The van der Waals surface area contributed by atoms with E-state index in [0.717, 1.165) is 6.20 Å². The summed E-state index contributed by atoms with van der Waals surface area (Å²) in [5.74, 6) is -0.533. The third-order valence-electron chi connectivity index (χ3n) is 4.34. The molecule has 0 aromatic carbocycles. The summed E-state index contributed by atoms with van der Waals surface area (Å²) in [6.07, 6.45) is 3.77. The molecule has 3 aromatic heterocycles. The van der Waals surface area contributed by atoms with Gasteiger partial charge in [0.15, 0.2) is 5.65 Å². The average Bonchev–Trinajstić information content (AvgIpc) is 3.16. The molecule has 1 fully saturated rings. The second-order valence-corrected chi connectivity index (χ2v) is 5.84. The van der Waals surface area contributed by atoms with Crippen LogP contribution in [-0.4, -0.2) is 72.6 Å². The minimum Gasteiger partial charge on any atom is -0.335 e. The smallest absolute Gasteiger partial charge is 0.272 e. The van der Waals surface area contributed by atoms with Crippen LogP contribution in [0.25, 0.3) is 5.65 Å². The standard InChI is InChI=1S/C16H15N7O3/c24-13-9-19-18-8-11(13)15(25)21-4-6-22(7-5-21)16(26)12-2-1-3-14-17-10-20-23(12)14/h1-3,8-10H,4-7H2,(H,18,24). The number of nitrogens with one attached hydrogen (secondary N) is 1. The molecule has 3 aromatic rings. The van der Waals surface area contributed by atoms with Crippen LogP contribution >= 0.6 is 0 Å². The zero-order valence-electron chi connectivity index (χ0n) is 13.7. The maximum Gasteiger partial charge on any atom is 0.272 e. The first-order valence-electron chi connectivity index (χ1n) is 8.05. The van der Waals surface area contributed by atoms with Crippen molar-refractivity contribution >= 4 is 17.5 Å². The Morgan fingerprint density at radius 2 is 1.77 bits per heavy atom. The normalized spacial score (nSPS) is 14.6. The molecule has 0 aliphatic carbocycles. The topological polar surface area (TPSA) is 117 Å². The zero-order valence-corrected chi connectivity index (χ0v) is 13.7. The predicted octanol–water partition coefficient (Wildman–Crippen LogP) is -0.589. The van der Waals surface area contributed by atoms with E-state index in [4.69, 9.17) is 0 Å². The third-order valence-corrected chi connectivity index (χ3v) is 4.34. The van der Waals surface area contributed by atoms with E-state index >= 15 is 0 Å². The van der Waals surface area contributed by atoms with E-state index in [1.807, 2.05) is 0 Å². The molecule has 4 heterocycles. The van der Waals surface area contributed by atoms with Gasteiger partial charge in [-0.05, 0) is 12.1 Å². The Labute approximate surface area is 147 Å². The second-order valence-electron chi connectivity index (χ2n) is 5.84. The first kappa shape index (κ1) is 15.9. The fraction of sp³-hybridized carbons (Fsp3) is 0.250. The molecular formula is C16H15N7O3. The highest BCUT2D eigenvalue weighted by molar-refractivity contribution is 5.95. The van der Waals surface area contributed by atoms with Crippen LogP contribution in [0.1, 0.15) is 20.8 Å². The maximum absolute atomic E-state index is 12.8. The molecule has 1 saturated heterocycles. The minimum atomic E-state index is -0.426. The van der Waals surface area contributed by atoms with Gasteiger partial charge in [0.25, 0.3) is 11.8 Å². The molecule has 0 spiro atoms. The van der Waals surface area contributed by atoms with E-state index in [-0.39, 0.29) is 17.4 Å². The Kier molecular flexibility index (Phi) is 3.92. The number of H-pyrrole nitrogens is 1. The van der Waals surface area contributed by atoms with Crippen LogP contribution in [0.2, 0.25) is 0 Å². The fourth-order valence-electron chi connectivity index (χ4n) is 2.96. The Morgan fingerprint density at radius 3 is 2.50 bits per heavy atom. The summed E-state index contributed by atoms with van der Waals surface area (Å²) in [7, 11) is 0. The van der Waals surface area contributed by atoms with Gasteiger partial charge in [0.2, 0.25) is 5.43 Å². The molecule has 10 nitrogen and oxygen atoms in total. The molecule has 1 N–H and O–H groups in total. The van der Waals surface area contributed by atoms with Crippen molar-refractivity contribution in [3.05, 3.63) is 58.4 Å². The lowest BCUT2D eigenvalue weighted by molar-refractivity contribution is 0.0529. The molecule has 2 amide bonds. The summed E-state index contributed by atoms with van der Waals surface area (Å²) in [6.45, 7) is 1.44. The van der Waals surface area contributed by atoms with Crippen LogP contribution in [0.5, 0.6) is 0 Å². The van der Waals surface area contributed by atoms with Gasteiger partial charge in [0.05, 0.1) is 6.20 Å². The number of carbonyl (C=O) groups is 2. The summed E-state index contributed by atoms with van der Waals surface area (Å²) in [4.78, 5) is 44.3. The fourth-order valence-corrected chi connectivity index (χ4v) is 2.96. The molecule has 1 aliphatic rings. The van der Waals surface area contributed by atoms with Crippen LogP contribution in [0.4, 0.5) is 0 Å². The number of amides is 2. The van der Waals surface area contributed by atoms with Gasteiger partial charge in [-0.25, -0.2) is 9.50 Å². The number of hydrogen-bond acceptors (Lipinski definition) is 6. The van der Waals surface area contributed by atoms with Gasteiger partial charge < -0.3 is 9.80 Å². The molecule has 4 rings (SSSR count). The highest BCUT2D eigenvalue weighted by Crippen LogP contribution is 2.11. The molecular weight excluding hydrogens is 338 g/mol. The lowest BCUT2D eigenvalue weighted by atomic mass is 10.2. The Hall–Kier alpha value is -3.56. The number of nitrogens with zero attached hydrogens (tertiary/aromatic N) is 6. The van der Waals surface area contributed by atoms with E-state index in [1.54, 1.807) is 28.0 Å². The second kappa shape index (κ2) is 6.39. The van der Waals surface area contributed by atoms with E-state index in [9.17, 15) is 14.4 Å². The monoisotopic (exact) mass is 353 g/mol. The van der Waals surface area contributed by atoms with E-state index in [1.165, 1.54) is 17.0 Å². The summed E-state index contributed by atoms with van der Waals surface area (Å²) in [6, 6.07) is 5.22. The van der Waals surface area contributed by atoms with Gasteiger partial charge in [-0.3, -0.25) is 19.5 Å². The van der Waals surface area contributed by atoms with Crippen molar-refractivity contribution < 1.29 is 9.59 Å². The van der Waals surface area contributed by atoms with Crippen LogP contribution < -0.4 is 5.43 Å². The number of piperazine rings is 1. The number of pyridine rings is 1. The van der Waals surface area contributed by atoms with Gasteiger partial charge in [0, 0.05) is 32.4 Å². The van der Waals surface area contributed by atoms with Crippen molar-refractivity contribution in [3.8, 4) is 0 Å². The first-order valence-corrected chi connectivity index (χ1v) is 8.05. The lowest BCUT2D eigenvalue weighted by Gasteiger charge is -2.34. The van der Waals surface area contributed by atoms with E-state index in [0.29, 0.717) is 37.5 Å². The molecule has 0 unspecified atom stereocenters. The van der Waals surface area contributed by atoms with Gasteiger partial charge in [0.1, 0.15) is 17.6 Å². The highest BCUT2D eigenvalue weighted by Gasteiger charge is 2.27. The van der Waals surface area contributed by atoms with Crippen molar-refractivity contribution in [2.24, 2.45) is 0 Å². The number of rotatable bonds is 2. The van der Waals surface area contributed by atoms with E-state index in [2.05, 4.69) is 20.3 Å². The Morgan fingerprint density at radius 1 is 1.04 bits per heavy atom. The number of carbonyl (C=O) groups excluding carboxylic acids is 2. The molecule has 10 heteroatoms. The lowest BCUT2D eigenvalue weighted by Crippen LogP contribution is -2.51. The van der Waals surface area contributed by atoms with Gasteiger partial charge in [-0.2, -0.15) is 10.2 Å². The SMILES string of the molecule is O=C(c1c[nH]ncc1=O)N1CCN(C(=O)c2cccc3ncnn23)CC1. The van der Waals surface area contributed by atoms with Crippen molar-refractivity contribution in [1.82, 2.24) is 34.6 Å². The first-order chi connectivity index (χ1) is 12.6. The molecule has 26 heavy (non-hydrogen) atoms. The maximum atomic E-state index is 12.8. The molecule has 0 saturated carbocycles. The minimum absolute atomic E-state index is 0.0483. The number of fused-ring (bicyclic) bond motifs is 1. The predicted molar refractivity (Wildman–Crippen MR) is 89.7 cm³/mol. The van der Waals surface area contributed by atoms with Crippen LogP contribution in [0, 0.1) is 0 Å². The average molecular weight is 353 g/mol. The summed E-state index contributed by atoms with van der Waals surface area (Å²) in [5.41, 5.74) is 0.643. The summed E-state index contributed by atoms with van der Waals surface area (Å²) >= 11 is 0. The van der Waals surface area contributed by atoms with Crippen molar-refractivity contribution in [2.75, 3.05) is 26.2 Å². The molecule has 132 valence electrons. The molecule has 1 aliphatic heterocycles. The van der Waals surface area contributed by atoms with E-state index < -0.39 is 5.43 Å². The van der Waals surface area contributed by atoms with Gasteiger partial charge in [-0.15, -0.1) is 0 Å². The third kappa shape index (κ3) is 2.70. The zero-order chi connectivity index (χ0) is 18.1. The quantitative estimate of drug-likeness (QED) is 0.658. The molecule has 0 bridgehead atoms. The molecule has 0 atom stereocenters. The van der Waals surface area contributed by atoms with Gasteiger partial charge >= 0.3 is 0 Å². The van der Waals surface area contributed by atoms with Crippen molar-refractivity contribution in [2.45, 2.75) is 0 Å². The van der Waals surface area contributed by atoms with Crippen LogP contribution in [0.3, 0.4) is 0 Å². The van der Waals surface area contributed by atoms with Crippen LogP contribution in [0.15, 0.2) is 41.7 Å². The van der Waals surface area contributed by atoms with Crippen LogP contribution in [-0.2, 0) is 0 Å². The summed E-state index contributed by atoms with van der Waals surface area (Å²) < 4.78 is 1.50. The highest BCUT2D eigenvalue weighted by atomic mass is 16.2. The summed E-state index contributed by atoms with van der Waals surface area (Å²) in [5, 5.41) is 10.2. The Bertz CT molecular complexity index is 1030. The van der Waals surface area contributed by atoms with Crippen molar-refractivity contribution in [1.29, 1.82) is 0 Å². The van der Waals surface area contributed by atoms with Crippen molar-refractivity contribution in [3.63, 3.8) is 0 Å². The van der Waals surface area contributed by atoms with Gasteiger partial charge in [-0.1, -0.05) is 6.07 Å². The number of hydrogen-bond donors (Lipinski definition) is 1. The largest absolute Gasteiger partial charge is 0.335 e. The number of aromatic nitrogens is 5. The number of aromatic amines is 1. The molecule has 0 radical (unpaired) electrons.